The molecule has 1 unspecified atom stereocenters. The first-order chi connectivity index (χ1) is 11.6. The number of hydrogen-bond donors (Lipinski definition) is 0. The summed E-state index contributed by atoms with van der Waals surface area (Å²) in [5.74, 6) is 1.09. The molecule has 6 nitrogen and oxygen atoms in total. The minimum atomic E-state index is -0.393. The molecule has 0 spiro atoms. The maximum Gasteiger partial charge on any atom is 0.248 e. The van der Waals surface area contributed by atoms with Gasteiger partial charge >= 0.3 is 0 Å². The summed E-state index contributed by atoms with van der Waals surface area (Å²) in [7, 11) is 0. The molecule has 1 atom stereocenters. The summed E-state index contributed by atoms with van der Waals surface area (Å²) in [6.07, 6.45) is 3.92. The van der Waals surface area contributed by atoms with Crippen LogP contribution in [0.4, 0.5) is 0 Å². The zero-order valence-corrected chi connectivity index (χ0v) is 13.8. The fourth-order valence-electron chi connectivity index (χ4n) is 2.51. The molecule has 6 heteroatoms. The molecule has 2 rings (SSSR count). The number of fused-ring (bicyclic) bond motifs is 1. The number of carbonyl (C=O) groups is 1. The van der Waals surface area contributed by atoms with Gasteiger partial charge in [0.2, 0.25) is 5.91 Å². The van der Waals surface area contributed by atoms with Crippen molar-refractivity contribution in [2.75, 3.05) is 19.7 Å². The van der Waals surface area contributed by atoms with Crippen LogP contribution in [-0.2, 0) is 11.2 Å². The van der Waals surface area contributed by atoms with Crippen molar-refractivity contribution >= 4 is 12.0 Å². The molecule has 1 heterocycles. The summed E-state index contributed by atoms with van der Waals surface area (Å²) in [5, 5.41) is 17.5. The van der Waals surface area contributed by atoms with Crippen LogP contribution in [0.3, 0.4) is 0 Å². The topological polar surface area (TPSA) is 86.4 Å². The van der Waals surface area contributed by atoms with Gasteiger partial charge in [0.1, 0.15) is 30.7 Å². The quantitative estimate of drug-likeness (QED) is 0.591. The standard InChI is InChI=1S/C18H19N3O3/c1-3-23-16-12-15-10-13(2)24-17(15)11-14(16)4-5-18(22)21(8-6-19)9-7-20/h4-5,11-13H,3,8-10H2,1-2H3. The number of amides is 1. The van der Waals surface area contributed by atoms with Crippen LogP contribution >= 0.6 is 0 Å². The Labute approximate surface area is 141 Å². The van der Waals surface area contributed by atoms with Gasteiger partial charge in [-0.25, -0.2) is 0 Å². The van der Waals surface area contributed by atoms with Crippen LogP contribution < -0.4 is 9.47 Å². The Hall–Kier alpha value is -2.99. The van der Waals surface area contributed by atoms with Gasteiger partial charge in [-0.3, -0.25) is 4.79 Å². The van der Waals surface area contributed by atoms with Crippen molar-refractivity contribution in [2.45, 2.75) is 26.4 Å². The summed E-state index contributed by atoms with van der Waals surface area (Å²) in [4.78, 5) is 13.3. The van der Waals surface area contributed by atoms with E-state index in [0.717, 1.165) is 23.3 Å². The van der Waals surface area contributed by atoms with Crippen molar-refractivity contribution < 1.29 is 14.3 Å². The van der Waals surface area contributed by atoms with E-state index < -0.39 is 5.91 Å². The highest BCUT2D eigenvalue weighted by Gasteiger charge is 2.21. The predicted octanol–water partition coefficient (Wildman–Crippen LogP) is 2.30. The van der Waals surface area contributed by atoms with Crippen molar-refractivity contribution in [3.63, 3.8) is 0 Å². The molecule has 124 valence electrons. The van der Waals surface area contributed by atoms with E-state index in [1.165, 1.54) is 11.0 Å². The largest absolute Gasteiger partial charge is 0.493 e. The number of carbonyl (C=O) groups excluding carboxylic acids is 1. The second kappa shape index (κ2) is 8.03. The Morgan fingerprint density at radius 1 is 1.42 bits per heavy atom. The molecule has 0 saturated carbocycles. The van der Waals surface area contributed by atoms with Gasteiger partial charge in [-0.2, -0.15) is 10.5 Å². The minimum absolute atomic E-state index is 0.122. The molecule has 24 heavy (non-hydrogen) atoms. The molecule has 0 radical (unpaired) electrons. The highest BCUT2D eigenvalue weighted by atomic mass is 16.5. The fraction of sp³-hybridized carbons (Fsp3) is 0.389. The molecule has 0 aliphatic carbocycles. The molecular formula is C18H19N3O3. The lowest BCUT2D eigenvalue weighted by Crippen LogP contribution is -2.30. The average Bonchev–Trinajstić information content (AvgIpc) is 2.91. The number of benzene rings is 1. The van der Waals surface area contributed by atoms with Crippen LogP contribution in [0, 0.1) is 22.7 Å². The Balaban J connectivity index is 2.25. The number of hydrogen-bond acceptors (Lipinski definition) is 5. The zero-order valence-electron chi connectivity index (χ0n) is 13.8. The van der Waals surface area contributed by atoms with Crippen molar-refractivity contribution in [3.8, 4) is 23.6 Å². The van der Waals surface area contributed by atoms with Gasteiger partial charge in [-0.05, 0) is 32.1 Å². The maximum atomic E-state index is 12.1. The number of nitriles is 2. The van der Waals surface area contributed by atoms with Gasteiger partial charge in [-0.15, -0.1) is 0 Å². The maximum absolute atomic E-state index is 12.1. The van der Waals surface area contributed by atoms with Crippen molar-refractivity contribution in [3.05, 3.63) is 29.3 Å². The first-order valence-corrected chi connectivity index (χ1v) is 7.76. The van der Waals surface area contributed by atoms with Gasteiger partial charge in [0.25, 0.3) is 0 Å². The van der Waals surface area contributed by atoms with Crippen LogP contribution in [0.2, 0.25) is 0 Å². The highest BCUT2D eigenvalue weighted by Crippen LogP contribution is 2.35. The van der Waals surface area contributed by atoms with Crippen LogP contribution in [-0.4, -0.2) is 36.6 Å². The minimum Gasteiger partial charge on any atom is -0.493 e. The highest BCUT2D eigenvalue weighted by molar-refractivity contribution is 5.92. The summed E-state index contributed by atoms with van der Waals surface area (Å²) in [6.45, 7) is 4.16. The molecule has 0 saturated heterocycles. The molecular weight excluding hydrogens is 306 g/mol. The number of ether oxygens (including phenoxy) is 2. The summed E-state index contributed by atoms with van der Waals surface area (Å²) in [6, 6.07) is 7.55. The van der Waals surface area contributed by atoms with Crippen LogP contribution in [0.15, 0.2) is 18.2 Å². The molecule has 0 N–H and O–H groups in total. The fourth-order valence-corrected chi connectivity index (χ4v) is 2.51. The molecule has 1 aromatic carbocycles. The SMILES string of the molecule is CCOc1cc2c(cc1C=CC(=O)N(CC#N)CC#N)OC(C)C2. The van der Waals surface area contributed by atoms with Gasteiger partial charge in [0.15, 0.2) is 0 Å². The van der Waals surface area contributed by atoms with Crippen molar-refractivity contribution in [1.29, 1.82) is 10.5 Å². The molecule has 1 aliphatic rings. The normalized spacial score (nSPS) is 15.2. The van der Waals surface area contributed by atoms with E-state index in [9.17, 15) is 4.79 Å². The summed E-state index contributed by atoms with van der Waals surface area (Å²) < 4.78 is 11.4. The average molecular weight is 325 g/mol. The van der Waals surface area contributed by atoms with Crippen LogP contribution in [0.1, 0.15) is 25.0 Å². The van der Waals surface area contributed by atoms with E-state index in [1.807, 2.05) is 38.1 Å². The monoisotopic (exact) mass is 325 g/mol. The Morgan fingerprint density at radius 3 is 2.75 bits per heavy atom. The smallest absolute Gasteiger partial charge is 0.248 e. The lowest BCUT2D eigenvalue weighted by atomic mass is 10.1. The van der Waals surface area contributed by atoms with Gasteiger partial charge in [0.05, 0.1) is 18.7 Å². The second-order valence-electron chi connectivity index (χ2n) is 5.41. The predicted molar refractivity (Wildman–Crippen MR) is 88.2 cm³/mol. The Kier molecular flexibility index (Phi) is 5.81. The lowest BCUT2D eigenvalue weighted by Gasteiger charge is -2.13. The number of rotatable bonds is 6. The second-order valence-corrected chi connectivity index (χ2v) is 5.41. The van der Waals surface area contributed by atoms with E-state index in [2.05, 4.69) is 0 Å². The molecule has 0 fully saturated rings. The third-order valence-electron chi connectivity index (χ3n) is 3.57. The molecule has 0 bridgehead atoms. The van der Waals surface area contributed by atoms with E-state index in [1.54, 1.807) is 6.08 Å². The van der Waals surface area contributed by atoms with E-state index in [0.29, 0.717) is 12.4 Å². The van der Waals surface area contributed by atoms with Crippen LogP contribution in [0.25, 0.3) is 6.08 Å². The van der Waals surface area contributed by atoms with Crippen molar-refractivity contribution in [2.24, 2.45) is 0 Å². The first kappa shape index (κ1) is 17.4. The molecule has 1 aliphatic heterocycles. The van der Waals surface area contributed by atoms with E-state index >= 15 is 0 Å². The Morgan fingerprint density at radius 2 is 2.12 bits per heavy atom. The van der Waals surface area contributed by atoms with Crippen LogP contribution in [0.5, 0.6) is 11.5 Å². The zero-order chi connectivity index (χ0) is 17.5. The Bertz CT molecular complexity index is 712. The number of nitrogens with zero attached hydrogens (tertiary/aromatic N) is 3. The molecule has 1 amide bonds. The van der Waals surface area contributed by atoms with Crippen molar-refractivity contribution in [1.82, 2.24) is 4.90 Å². The van der Waals surface area contributed by atoms with Gasteiger partial charge < -0.3 is 14.4 Å². The van der Waals surface area contributed by atoms with Gasteiger partial charge in [-0.1, -0.05) is 0 Å². The molecule has 1 aromatic rings. The van der Waals surface area contributed by atoms with E-state index in [4.69, 9.17) is 20.0 Å². The summed E-state index contributed by atoms with van der Waals surface area (Å²) in [5.41, 5.74) is 1.82. The third kappa shape index (κ3) is 4.05. The third-order valence-corrected chi connectivity index (χ3v) is 3.57. The van der Waals surface area contributed by atoms with Gasteiger partial charge in [0, 0.05) is 23.6 Å². The summed E-state index contributed by atoms with van der Waals surface area (Å²) >= 11 is 0. The first-order valence-electron chi connectivity index (χ1n) is 7.76. The lowest BCUT2D eigenvalue weighted by molar-refractivity contribution is -0.124. The molecule has 0 aromatic heterocycles. The van der Waals surface area contributed by atoms with E-state index in [-0.39, 0.29) is 19.2 Å².